The molecule has 0 saturated carbocycles. The Balaban J connectivity index is 1.97. The van der Waals surface area contributed by atoms with Gasteiger partial charge >= 0.3 is 0 Å². The Bertz CT molecular complexity index is 500. The molecule has 2 rings (SSSR count). The highest BCUT2D eigenvalue weighted by molar-refractivity contribution is 5.88. The Labute approximate surface area is 90.3 Å². The Morgan fingerprint density at radius 1 is 1.56 bits per heavy atom. The zero-order chi connectivity index (χ0) is 11.5. The summed E-state index contributed by atoms with van der Waals surface area (Å²) in [5.74, 6) is 0.227. The van der Waals surface area contributed by atoms with E-state index in [2.05, 4.69) is 25.5 Å². The molecule has 0 unspecified atom stereocenters. The smallest absolute Gasteiger partial charge is 0.248 e. The average Bonchev–Trinajstić information content (AvgIpc) is 2.77. The summed E-state index contributed by atoms with van der Waals surface area (Å²) in [5, 5.41) is 10.2. The first-order chi connectivity index (χ1) is 7.65. The van der Waals surface area contributed by atoms with Crippen LogP contribution in [0.5, 0.6) is 0 Å². The third-order valence-corrected chi connectivity index (χ3v) is 1.82. The monoisotopic (exact) mass is 222 g/mol. The van der Waals surface area contributed by atoms with E-state index >= 15 is 0 Å². The van der Waals surface area contributed by atoms with Crippen LogP contribution in [0.25, 0.3) is 0 Å². The van der Waals surface area contributed by atoms with Gasteiger partial charge in [-0.1, -0.05) is 0 Å². The molecule has 16 heavy (non-hydrogen) atoms. The number of nitrogens with two attached hydrogens (primary N) is 1. The molecule has 3 N–H and O–H groups in total. The maximum Gasteiger partial charge on any atom is 0.248 e. The maximum absolute atomic E-state index is 11.5. The highest BCUT2D eigenvalue weighted by atomic mass is 16.2. The SMILES string of the molecule is Cn1ncnc1NC(=O)Cn1cnc(N)n1. The van der Waals surface area contributed by atoms with Gasteiger partial charge in [-0.15, -0.1) is 5.10 Å². The van der Waals surface area contributed by atoms with Crippen LogP contribution in [0.3, 0.4) is 0 Å². The van der Waals surface area contributed by atoms with E-state index in [1.165, 1.54) is 22.0 Å². The van der Waals surface area contributed by atoms with Gasteiger partial charge in [-0.25, -0.2) is 14.3 Å². The molecule has 9 nitrogen and oxygen atoms in total. The van der Waals surface area contributed by atoms with E-state index < -0.39 is 0 Å². The lowest BCUT2D eigenvalue weighted by molar-refractivity contribution is -0.117. The summed E-state index contributed by atoms with van der Waals surface area (Å²) in [7, 11) is 1.68. The number of amides is 1. The van der Waals surface area contributed by atoms with Gasteiger partial charge in [0.15, 0.2) is 0 Å². The van der Waals surface area contributed by atoms with Crippen LogP contribution in [0.15, 0.2) is 12.7 Å². The number of nitrogens with zero attached hydrogens (tertiary/aromatic N) is 6. The van der Waals surface area contributed by atoms with Gasteiger partial charge in [-0.05, 0) is 0 Å². The maximum atomic E-state index is 11.5. The van der Waals surface area contributed by atoms with Crippen molar-refractivity contribution in [2.75, 3.05) is 11.1 Å². The summed E-state index contributed by atoms with van der Waals surface area (Å²) in [6.45, 7) is 0.0249. The second-order valence-electron chi connectivity index (χ2n) is 3.06. The number of nitrogen functional groups attached to an aromatic ring is 1. The average molecular weight is 222 g/mol. The first-order valence-electron chi connectivity index (χ1n) is 4.44. The van der Waals surface area contributed by atoms with Crippen LogP contribution in [0.4, 0.5) is 11.9 Å². The molecule has 84 valence electrons. The number of nitrogens with one attached hydrogen (secondary N) is 1. The van der Waals surface area contributed by atoms with Crippen molar-refractivity contribution < 1.29 is 4.79 Å². The van der Waals surface area contributed by atoms with Gasteiger partial charge in [0, 0.05) is 7.05 Å². The van der Waals surface area contributed by atoms with Gasteiger partial charge in [0.05, 0.1) is 0 Å². The fourth-order valence-corrected chi connectivity index (χ4v) is 1.11. The van der Waals surface area contributed by atoms with Gasteiger partial charge in [-0.2, -0.15) is 10.1 Å². The van der Waals surface area contributed by atoms with E-state index in [0.29, 0.717) is 5.95 Å². The van der Waals surface area contributed by atoms with Crippen molar-refractivity contribution in [2.45, 2.75) is 6.54 Å². The summed E-state index contributed by atoms with van der Waals surface area (Å²) in [6.07, 6.45) is 2.73. The highest BCUT2D eigenvalue weighted by Crippen LogP contribution is 1.98. The number of aryl methyl sites for hydroxylation is 1. The van der Waals surface area contributed by atoms with Crippen molar-refractivity contribution in [1.82, 2.24) is 29.5 Å². The van der Waals surface area contributed by atoms with Gasteiger partial charge < -0.3 is 5.73 Å². The van der Waals surface area contributed by atoms with Crippen molar-refractivity contribution in [3.8, 4) is 0 Å². The van der Waals surface area contributed by atoms with Crippen LogP contribution in [0, 0.1) is 0 Å². The van der Waals surface area contributed by atoms with Crippen molar-refractivity contribution in [3.63, 3.8) is 0 Å². The van der Waals surface area contributed by atoms with Gasteiger partial charge in [0.1, 0.15) is 19.2 Å². The number of carbonyl (C=O) groups is 1. The number of hydrogen-bond acceptors (Lipinski definition) is 6. The molecule has 0 atom stereocenters. The summed E-state index contributed by atoms with van der Waals surface area (Å²) in [4.78, 5) is 19.1. The number of carbonyl (C=O) groups excluding carboxylic acids is 1. The van der Waals surface area contributed by atoms with Gasteiger partial charge in [0.2, 0.25) is 17.8 Å². The molecule has 0 aliphatic heterocycles. The molecule has 0 aliphatic rings. The number of anilines is 2. The summed E-state index contributed by atoms with van der Waals surface area (Å²) < 4.78 is 2.79. The second kappa shape index (κ2) is 3.96. The summed E-state index contributed by atoms with van der Waals surface area (Å²) in [5.41, 5.74) is 5.31. The van der Waals surface area contributed by atoms with Crippen LogP contribution < -0.4 is 11.1 Å². The van der Waals surface area contributed by atoms with E-state index in [1.54, 1.807) is 7.05 Å². The molecule has 2 aromatic rings. The van der Waals surface area contributed by atoms with Gasteiger partial charge in [-0.3, -0.25) is 10.1 Å². The molecule has 0 aliphatic carbocycles. The van der Waals surface area contributed by atoms with Crippen LogP contribution in [0.2, 0.25) is 0 Å². The molecule has 1 amide bonds. The van der Waals surface area contributed by atoms with Crippen molar-refractivity contribution in [2.24, 2.45) is 7.05 Å². The normalized spacial score (nSPS) is 10.3. The number of rotatable bonds is 3. The molecular formula is C7H10N8O. The fourth-order valence-electron chi connectivity index (χ4n) is 1.11. The van der Waals surface area contributed by atoms with E-state index in [9.17, 15) is 4.79 Å². The first-order valence-corrected chi connectivity index (χ1v) is 4.44. The Hall–Kier alpha value is -2.45. The molecule has 0 bridgehead atoms. The van der Waals surface area contributed by atoms with E-state index in [0.717, 1.165) is 0 Å². The third-order valence-electron chi connectivity index (χ3n) is 1.82. The lowest BCUT2D eigenvalue weighted by Crippen LogP contribution is -2.21. The van der Waals surface area contributed by atoms with Crippen LogP contribution >= 0.6 is 0 Å². The standard InChI is InChI=1S/C7H10N8O/c1-14-7(9-3-11-14)12-5(16)2-15-4-10-6(8)13-15/h3-4H,2H2,1H3,(H2,8,13)(H,9,11,12,16). The lowest BCUT2D eigenvalue weighted by atomic mass is 10.6. The minimum atomic E-state index is -0.277. The zero-order valence-electron chi connectivity index (χ0n) is 8.53. The predicted octanol–water partition coefficient (Wildman–Crippen LogP) is -1.37. The minimum Gasteiger partial charge on any atom is -0.367 e. The molecule has 0 spiro atoms. The Kier molecular flexibility index (Phi) is 2.50. The molecule has 2 aromatic heterocycles. The zero-order valence-corrected chi connectivity index (χ0v) is 8.53. The number of aromatic nitrogens is 6. The van der Waals surface area contributed by atoms with Crippen molar-refractivity contribution in [1.29, 1.82) is 0 Å². The summed E-state index contributed by atoms with van der Waals surface area (Å²) in [6, 6.07) is 0. The topological polar surface area (TPSA) is 117 Å². The summed E-state index contributed by atoms with van der Waals surface area (Å²) >= 11 is 0. The molecule has 9 heteroatoms. The molecule has 0 radical (unpaired) electrons. The molecule has 0 aromatic carbocycles. The van der Waals surface area contributed by atoms with Crippen LogP contribution in [0.1, 0.15) is 0 Å². The van der Waals surface area contributed by atoms with Crippen LogP contribution in [-0.2, 0) is 18.4 Å². The molecular weight excluding hydrogens is 212 g/mol. The van der Waals surface area contributed by atoms with Crippen LogP contribution in [-0.4, -0.2) is 35.4 Å². The molecule has 0 fully saturated rings. The highest BCUT2D eigenvalue weighted by Gasteiger charge is 2.08. The quantitative estimate of drug-likeness (QED) is 0.661. The van der Waals surface area contributed by atoms with E-state index in [-0.39, 0.29) is 18.4 Å². The van der Waals surface area contributed by atoms with E-state index in [4.69, 9.17) is 5.73 Å². The second-order valence-corrected chi connectivity index (χ2v) is 3.06. The first kappa shape index (κ1) is 10.1. The Morgan fingerprint density at radius 2 is 2.38 bits per heavy atom. The van der Waals surface area contributed by atoms with E-state index in [1.807, 2.05) is 0 Å². The fraction of sp³-hybridized carbons (Fsp3) is 0.286. The predicted molar refractivity (Wildman–Crippen MR) is 54.1 cm³/mol. The molecule has 0 saturated heterocycles. The number of hydrogen-bond donors (Lipinski definition) is 2. The van der Waals surface area contributed by atoms with Crippen molar-refractivity contribution >= 4 is 17.8 Å². The van der Waals surface area contributed by atoms with Gasteiger partial charge in [0.25, 0.3) is 0 Å². The lowest BCUT2D eigenvalue weighted by Gasteiger charge is -2.02. The molecule has 2 heterocycles. The van der Waals surface area contributed by atoms with Crippen molar-refractivity contribution in [3.05, 3.63) is 12.7 Å². The minimum absolute atomic E-state index is 0.0249. The third kappa shape index (κ3) is 2.13. The largest absolute Gasteiger partial charge is 0.367 e. The Morgan fingerprint density at radius 3 is 2.94 bits per heavy atom.